The third kappa shape index (κ3) is 4.83. The maximum atomic E-state index is 6.46. The van der Waals surface area contributed by atoms with Crippen LogP contribution in [0.1, 0.15) is 42.9 Å². The Morgan fingerprint density at radius 1 is 0.902 bits per heavy atom. The molecule has 4 heterocycles. The third-order valence-electron chi connectivity index (χ3n) is 9.39. The highest BCUT2D eigenvalue weighted by molar-refractivity contribution is 6.00. The van der Waals surface area contributed by atoms with Crippen molar-refractivity contribution in [1.29, 1.82) is 0 Å². The van der Waals surface area contributed by atoms with Crippen LogP contribution in [0.2, 0.25) is 0 Å². The van der Waals surface area contributed by atoms with E-state index in [1.807, 2.05) is 0 Å². The van der Waals surface area contributed by atoms with Crippen molar-refractivity contribution in [2.75, 3.05) is 44.3 Å². The van der Waals surface area contributed by atoms with Crippen molar-refractivity contribution in [3.05, 3.63) is 60.0 Å². The number of rotatable bonds is 5. The normalized spacial score (nSPS) is 20.7. The van der Waals surface area contributed by atoms with Crippen molar-refractivity contribution in [1.82, 2.24) is 34.3 Å². The largest absolute Gasteiger partial charge is 0.383 e. The number of imidazole rings is 1. The number of nitrogens with zero attached hydrogens (tertiary/aromatic N) is 6. The Balaban J connectivity index is 1.12. The summed E-state index contributed by atoms with van der Waals surface area (Å²) in [5.41, 5.74) is 15.0. The molecule has 7 rings (SSSR count). The molecule has 0 unspecified atom stereocenters. The second-order valence-electron chi connectivity index (χ2n) is 11.9. The summed E-state index contributed by atoms with van der Waals surface area (Å²) < 4.78 is 2.37. The number of hydrogen-bond donors (Lipinski definition) is 3. The fourth-order valence-corrected chi connectivity index (χ4v) is 6.74. The molecule has 1 saturated heterocycles. The summed E-state index contributed by atoms with van der Waals surface area (Å²) in [5.74, 6) is 1.27. The number of aromatic nitrogens is 5. The quantitative estimate of drug-likeness (QED) is 0.260. The average molecular weight is 550 g/mol. The van der Waals surface area contributed by atoms with Crippen LogP contribution in [0.15, 0.2) is 48.9 Å². The highest BCUT2D eigenvalue weighted by atomic mass is 15.3. The van der Waals surface area contributed by atoms with Crippen LogP contribution >= 0.6 is 0 Å². The van der Waals surface area contributed by atoms with Gasteiger partial charge in [-0.05, 0) is 81.5 Å². The molecule has 0 bridgehead atoms. The fraction of sp³-hybridized carbons (Fsp3) is 0.406. The van der Waals surface area contributed by atoms with Gasteiger partial charge in [0.05, 0.1) is 16.4 Å². The van der Waals surface area contributed by atoms with E-state index in [1.54, 1.807) is 6.33 Å². The highest BCUT2D eigenvalue weighted by Gasteiger charge is 2.30. The number of nitrogen functional groups attached to an aromatic ring is 1. The van der Waals surface area contributed by atoms with Gasteiger partial charge in [0.25, 0.3) is 0 Å². The number of piperazine rings is 1. The lowest BCUT2D eigenvalue weighted by atomic mass is 9.89. The van der Waals surface area contributed by atoms with Gasteiger partial charge in [0.2, 0.25) is 5.95 Å². The third-order valence-corrected chi connectivity index (χ3v) is 9.39. The standard InChI is InChI=1S/C32H39N9/c1-20-4-13-27-29(21(20)2)38-32(37-27)36-23-7-5-22(6-8-23)26-18-41(31-28(26)30(33)34-19-35-31)25-11-9-24(10-12-25)40-16-14-39(3)15-17-40/h4-8,13,18-19,24-25H,9-12,14-17H2,1-3H3,(H2,33,34,35)(H2,36,37,38)/t24-,25-. The van der Waals surface area contributed by atoms with Gasteiger partial charge in [-0.3, -0.25) is 4.90 Å². The summed E-state index contributed by atoms with van der Waals surface area (Å²) >= 11 is 0. The second-order valence-corrected chi connectivity index (χ2v) is 11.9. The van der Waals surface area contributed by atoms with E-state index in [2.05, 4.69) is 93.1 Å². The van der Waals surface area contributed by atoms with Crippen LogP contribution in [0, 0.1) is 13.8 Å². The van der Waals surface area contributed by atoms with Gasteiger partial charge in [0.15, 0.2) is 0 Å². The van der Waals surface area contributed by atoms with E-state index in [1.165, 1.54) is 50.1 Å². The molecule has 0 amide bonds. The zero-order valence-corrected chi connectivity index (χ0v) is 24.2. The molecule has 2 aliphatic rings. The number of hydrogen-bond acceptors (Lipinski definition) is 7. The SMILES string of the molecule is Cc1ccc2[nH]c(Nc3ccc(-c4cn([C@H]5CC[C@H](N6CCN(C)CC6)CC5)c5ncnc(N)c45)cc3)nc2c1C. The first-order chi connectivity index (χ1) is 19.9. The molecule has 5 aromatic rings. The van der Waals surface area contributed by atoms with E-state index in [9.17, 15) is 0 Å². The molecule has 4 N–H and O–H groups in total. The fourth-order valence-electron chi connectivity index (χ4n) is 6.74. The van der Waals surface area contributed by atoms with Gasteiger partial charge in [-0.2, -0.15) is 0 Å². The summed E-state index contributed by atoms with van der Waals surface area (Å²) in [4.78, 5) is 22.4. The van der Waals surface area contributed by atoms with Gasteiger partial charge in [-0.25, -0.2) is 15.0 Å². The number of fused-ring (bicyclic) bond motifs is 2. The van der Waals surface area contributed by atoms with E-state index in [4.69, 9.17) is 15.7 Å². The van der Waals surface area contributed by atoms with Crippen molar-refractivity contribution in [2.24, 2.45) is 0 Å². The highest BCUT2D eigenvalue weighted by Crippen LogP contribution is 2.39. The molecule has 1 aliphatic carbocycles. The van der Waals surface area contributed by atoms with Crippen molar-refractivity contribution in [3.8, 4) is 11.1 Å². The molecular weight excluding hydrogens is 510 g/mol. The Morgan fingerprint density at radius 3 is 2.39 bits per heavy atom. The van der Waals surface area contributed by atoms with Crippen LogP contribution in [-0.4, -0.2) is 73.6 Å². The first kappa shape index (κ1) is 26.0. The molecule has 1 aliphatic heterocycles. The van der Waals surface area contributed by atoms with Crippen molar-refractivity contribution in [3.63, 3.8) is 0 Å². The first-order valence-corrected chi connectivity index (χ1v) is 14.8. The lowest BCUT2D eigenvalue weighted by Gasteiger charge is -2.41. The van der Waals surface area contributed by atoms with E-state index in [-0.39, 0.29) is 0 Å². The molecule has 41 heavy (non-hydrogen) atoms. The lowest BCUT2D eigenvalue weighted by molar-refractivity contribution is 0.0828. The molecule has 0 radical (unpaired) electrons. The van der Waals surface area contributed by atoms with E-state index in [0.29, 0.717) is 17.9 Å². The molecule has 0 spiro atoms. The molecule has 3 aromatic heterocycles. The number of nitrogens with two attached hydrogens (primary N) is 1. The Kier molecular flexibility index (Phi) is 6.63. The van der Waals surface area contributed by atoms with Crippen molar-refractivity contribution in [2.45, 2.75) is 51.6 Å². The zero-order chi connectivity index (χ0) is 28.1. The van der Waals surface area contributed by atoms with Gasteiger partial charge >= 0.3 is 0 Å². The minimum atomic E-state index is 0.422. The minimum absolute atomic E-state index is 0.422. The molecular formula is C32H39N9. The summed E-state index contributed by atoms with van der Waals surface area (Å²) in [6.07, 6.45) is 8.62. The van der Waals surface area contributed by atoms with Gasteiger partial charge in [-0.15, -0.1) is 0 Å². The Labute approximate surface area is 240 Å². The van der Waals surface area contributed by atoms with Gasteiger partial charge < -0.3 is 25.5 Å². The van der Waals surface area contributed by atoms with E-state index in [0.717, 1.165) is 57.7 Å². The zero-order valence-electron chi connectivity index (χ0n) is 24.2. The number of benzene rings is 2. The summed E-state index contributed by atoms with van der Waals surface area (Å²) in [6.45, 7) is 8.95. The number of H-pyrrole nitrogens is 1. The van der Waals surface area contributed by atoms with E-state index >= 15 is 0 Å². The average Bonchev–Trinajstić information content (AvgIpc) is 3.59. The van der Waals surface area contributed by atoms with Crippen LogP contribution in [0.4, 0.5) is 17.5 Å². The predicted octanol–water partition coefficient (Wildman–Crippen LogP) is 5.65. The second kappa shape index (κ2) is 10.5. The summed E-state index contributed by atoms with van der Waals surface area (Å²) in [6, 6.07) is 13.8. The number of aromatic amines is 1. The van der Waals surface area contributed by atoms with Crippen LogP contribution in [-0.2, 0) is 0 Å². The summed E-state index contributed by atoms with van der Waals surface area (Å²) in [5, 5.41) is 4.37. The first-order valence-electron chi connectivity index (χ1n) is 14.8. The molecule has 9 heteroatoms. The van der Waals surface area contributed by atoms with Crippen LogP contribution in [0.3, 0.4) is 0 Å². The monoisotopic (exact) mass is 549 g/mol. The number of aryl methyl sites for hydroxylation is 2. The Morgan fingerprint density at radius 2 is 1.63 bits per heavy atom. The maximum Gasteiger partial charge on any atom is 0.205 e. The lowest BCUT2D eigenvalue weighted by Crippen LogP contribution is -2.49. The number of anilines is 3. The smallest absolute Gasteiger partial charge is 0.205 e. The van der Waals surface area contributed by atoms with Gasteiger partial charge in [-0.1, -0.05) is 18.2 Å². The molecule has 2 aromatic carbocycles. The number of likely N-dealkylation sites (N-methyl/N-ethyl adjacent to an activating group) is 1. The molecule has 1 saturated carbocycles. The molecule has 212 valence electrons. The topological polar surface area (TPSA) is 104 Å². The van der Waals surface area contributed by atoms with Crippen LogP contribution in [0.5, 0.6) is 0 Å². The Hall–Kier alpha value is -3.95. The summed E-state index contributed by atoms with van der Waals surface area (Å²) in [7, 11) is 2.23. The Bertz CT molecular complexity index is 1680. The van der Waals surface area contributed by atoms with Gasteiger partial charge in [0.1, 0.15) is 17.8 Å². The van der Waals surface area contributed by atoms with Gasteiger partial charge in [0, 0.05) is 55.7 Å². The van der Waals surface area contributed by atoms with Crippen molar-refractivity contribution < 1.29 is 0 Å². The molecule has 0 atom stereocenters. The van der Waals surface area contributed by atoms with Crippen molar-refractivity contribution >= 4 is 39.5 Å². The van der Waals surface area contributed by atoms with E-state index < -0.39 is 0 Å². The number of nitrogens with one attached hydrogen (secondary N) is 2. The molecule has 9 nitrogen and oxygen atoms in total. The maximum absolute atomic E-state index is 6.46. The predicted molar refractivity (Wildman–Crippen MR) is 167 cm³/mol. The van der Waals surface area contributed by atoms with Crippen LogP contribution in [0.25, 0.3) is 33.2 Å². The minimum Gasteiger partial charge on any atom is -0.383 e. The molecule has 2 fully saturated rings. The van der Waals surface area contributed by atoms with Crippen LogP contribution < -0.4 is 11.1 Å².